The first-order valence-electron chi connectivity index (χ1n) is 4.84. The quantitative estimate of drug-likeness (QED) is 0.618. The Bertz CT molecular complexity index is 356. The number of hydrogen-bond donors (Lipinski definition) is 0. The number of para-hydroxylation sites is 1. The van der Waals surface area contributed by atoms with E-state index in [1.807, 2.05) is 30.3 Å². The van der Waals surface area contributed by atoms with E-state index in [0.29, 0.717) is 0 Å². The molecular formula is C12H13NO. The molecule has 0 unspecified atom stereocenters. The summed E-state index contributed by atoms with van der Waals surface area (Å²) < 4.78 is 0. The smallest absolute Gasteiger partial charge is 0.253 e. The fraction of sp³-hybridized carbons (Fsp3) is 0.250. The highest BCUT2D eigenvalue weighted by atomic mass is 16.2. The lowest BCUT2D eigenvalue weighted by atomic mass is 10.1. The average Bonchev–Trinajstić information content (AvgIpc) is 2.23. The predicted molar refractivity (Wildman–Crippen MR) is 57.2 cm³/mol. The SMILES string of the molecule is C=C1CCCN(c2ccccc2)C1=O. The maximum Gasteiger partial charge on any atom is 0.253 e. The molecule has 0 atom stereocenters. The Balaban J connectivity index is 2.26. The molecule has 0 bridgehead atoms. The van der Waals surface area contributed by atoms with Crippen molar-refractivity contribution in [2.45, 2.75) is 12.8 Å². The normalized spacial score (nSPS) is 17.3. The minimum atomic E-state index is 0.0717. The number of piperidine rings is 1. The first kappa shape index (κ1) is 9.00. The zero-order valence-corrected chi connectivity index (χ0v) is 8.07. The van der Waals surface area contributed by atoms with Crippen LogP contribution in [0.4, 0.5) is 5.69 Å². The van der Waals surface area contributed by atoms with Crippen molar-refractivity contribution < 1.29 is 4.79 Å². The lowest BCUT2D eigenvalue weighted by Crippen LogP contribution is -2.36. The highest BCUT2D eigenvalue weighted by molar-refractivity contribution is 6.05. The standard InChI is InChI=1S/C12H13NO/c1-10-6-5-9-13(12(10)14)11-7-3-2-4-8-11/h2-4,7-8H,1,5-6,9H2. The van der Waals surface area contributed by atoms with E-state index in [2.05, 4.69) is 6.58 Å². The van der Waals surface area contributed by atoms with Gasteiger partial charge in [-0.3, -0.25) is 4.79 Å². The van der Waals surface area contributed by atoms with Crippen LogP contribution in [0.25, 0.3) is 0 Å². The molecule has 1 aromatic rings. The highest BCUT2D eigenvalue weighted by Gasteiger charge is 2.22. The fourth-order valence-electron chi connectivity index (χ4n) is 1.70. The minimum Gasteiger partial charge on any atom is -0.309 e. The Morgan fingerprint density at radius 3 is 2.64 bits per heavy atom. The summed E-state index contributed by atoms with van der Waals surface area (Å²) in [5, 5.41) is 0. The van der Waals surface area contributed by atoms with Crippen molar-refractivity contribution in [3.05, 3.63) is 42.5 Å². The van der Waals surface area contributed by atoms with Crippen LogP contribution in [-0.4, -0.2) is 12.5 Å². The number of amides is 1. The van der Waals surface area contributed by atoms with E-state index in [-0.39, 0.29) is 5.91 Å². The third-order valence-electron chi connectivity index (χ3n) is 2.48. The number of carbonyl (C=O) groups is 1. The lowest BCUT2D eigenvalue weighted by molar-refractivity contribution is -0.115. The van der Waals surface area contributed by atoms with Crippen LogP contribution in [0.15, 0.2) is 42.5 Å². The molecule has 2 heteroatoms. The van der Waals surface area contributed by atoms with E-state index >= 15 is 0 Å². The Kier molecular flexibility index (Phi) is 2.35. The van der Waals surface area contributed by atoms with Gasteiger partial charge in [0.25, 0.3) is 5.91 Å². The summed E-state index contributed by atoms with van der Waals surface area (Å²) in [5.74, 6) is 0.0717. The third-order valence-corrected chi connectivity index (χ3v) is 2.48. The Morgan fingerprint density at radius 2 is 1.93 bits per heavy atom. The van der Waals surface area contributed by atoms with Crippen molar-refractivity contribution in [2.75, 3.05) is 11.4 Å². The first-order valence-corrected chi connectivity index (χ1v) is 4.84. The summed E-state index contributed by atoms with van der Waals surface area (Å²) in [6.07, 6.45) is 1.85. The van der Waals surface area contributed by atoms with E-state index in [1.54, 1.807) is 4.90 Å². The molecule has 1 fully saturated rings. The van der Waals surface area contributed by atoms with E-state index in [0.717, 1.165) is 30.6 Å². The molecule has 72 valence electrons. The molecule has 1 saturated heterocycles. The van der Waals surface area contributed by atoms with E-state index in [9.17, 15) is 4.79 Å². The zero-order chi connectivity index (χ0) is 9.97. The van der Waals surface area contributed by atoms with Crippen LogP contribution >= 0.6 is 0 Å². The maximum absolute atomic E-state index is 11.8. The van der Waals surface area contributed by atoms with Crippen LogP contribution in [0.5, 0.6) is 0 Å². The van der Waals surface area contributed by atoms with Gasteiger partial charge in [-0.2, -0.15) is 0 Å². The zero-order valence-electron chi connectivity index (χ0n) is 8.07. The highest BCUT2D eigenvalue weighted by Crippen LogP contribution is 2.22. The van der Waals surface area contributed by atoms with Gasteiger partial charge in [0.2, 0.25) is 0 Å². The van der Waals surface area contributed by atoms with E-state index < -0.39 is 0 Å². The Hall–Kier alpha value is -1.57. The number of rotatable bonds is 1. The molecule has 0 radical (unpaired) electrons. The molecule has 0 aliphatic carbocycles. The largest absolute Gasteiger partial charge is 0.309 e. The van der Waals surface area contributed by atoms with Crippen LogP contribution in [0.2, 0.25) is 0 Å². The molecule has 0 aromatic heterocycles. The van der Waals surface area contributed by atoms with Crippen LogP contribution in [0, 0.1) is 0 Å². The summed E-state index contributed by atoms with van der Waals surface area (Å²) in [7, 11) is 0. The number of benzene rings is 1. The van der Waals surface area contributed by atoms with Crippen molar-refractivity contribution in [2.24, 2.45) is 0 Å². The topological polar surface area (TPSA) is 20.3 Å². The molecule has 1 aliphatic heterocycles. The fourth-order valence-corrected chi connectivity index (χ4v) is 1.70. The van der Waals surface area contributed by atoms with Crippen molar-refractivity contribution >= 4 is 11.6 Å². The van der Waals surface area contributed by atoms with Gasteiger partial charge in [-0.25, -0.2) is 0 Å². The molecule has 1 amide bonds. The number of anilines is 1. The van der Waals surface area contributed by atoms with Crippen molar-refractivity contribution in [1.82, 2.24) is 0 Å². The molecule has 0 spiro atoms. The number of nitrogens with zero attached hydrogens (tertiary/aromatic N) is 1. The molecule has 1 aliphatic rings. The van der Waals surface area contributed by atoms with E-state index in [1.165, 1.54) is 0 Å². The molecule has 2 nitrogen and oxygen atoms in total. The van der Waals surface area contributed by atoms with Gasteiger partial charge in [-0.05, 0) is 25.0 Å². The lowest BCUT2D eigenvalue weighted by Gasteiger charge is -2.27. The van der Waals surface area contributed by atoms with Gasteiger partial charge in [-0.15, -0.1) is 0 Å². The third kappa shape index (κ3) is 1.55. The molecule has 1 heterocycles. The van der Waals surface area contributed by atoms with Gasteiger partial charge in [0.1, 0.15) is 0 Å². The molecule has 14 heavy (non-hydrogen) atoms. The minimum absolute atomic E-state index is 0.0717. The summed E-state index contributed by atoms with van der Waals surface area (Å²) in [4.78, 5) is 13.5. The summed E-state index contributed by atoms with van der Waals surface area (Å²) >= 11 is 0. The van der Waals surface area contributed by atoms with Crippen molar-refractivity contribution in [3.63, 3.8) is 0 Å². The maximum atomic E-state index is 11.8. The van der Waals surface area contributed by atoms with Crippen LogP contribution < -0.4 is 4.90 Å². The monoisotopic (exact) mass is 187 g/mol. The van der Waals surface area contributed by atoms with Crippen molar-refractivity contribution in [1.29, 1.82) is 0 Å². The molecule has 2 rings (SSSR count). The Labute approximate surface area is 83.8 Å². The summed E-state index contributed by atoms with van der Waals surface area (Å²) in [6.45, 7) is 4.59. The number of hydrogen-bond acceptors (Lipinski definition) is 1. The Morgan fingerprint density at radius 1 is 1.21 bits per heavy atom. The molecule has 0 saturated carbocycles. The van der Waals surface area contributed by atoms with Crippen molar-refractivity contribution in [3.8, 4) is 0 Å². The molecular weight excluding hydrogens is 174 g/mol. The molecule has 1 aromatic carbocycles. The predicted octanol–water partition coefficient (Wildman–Crippen LogP) is 2.37. The second-order valence-electron chi connectivity index (χ2n) is 3.50. The van der Waals surface area contributed by atoms with Gasteiger partial charge in [0, 0.05) is 17.8 Å². The van der Waals surface area contributed by atoms with Gasteiger partial charge in [0.15, 0.2) is 0 Å². The second-order valence-corrected chi connectivity index (χ2v) is 3.50. The summed E-state index contributed by atoms with van der Waals surface area (Å²) in [5.41, 5.74) is 1.69. The van der Waals surface area contributed by atoms with Crippen LogP contribution in [0.3, 0.4) is 0 Å². The second kappa shape index (κ2) is 3.66. The molecule has 0 N–H and O–H groups in total. The average molecular weight is 187 g/mol. The van der Waals surface area contributed by atoms with Gasteiger partial charge in [0.05, 0.1) is 0 Å². The van der Waals surface area contributed by atoms with Gasteiger partial charge >= 0.3 is 0 Å². The van der Waals surface area contributed by atoms with Gasteiger partial charge < -0.3 is 4.90 Å². The number of carbonyl (C=O) groups excluding carboxylic acids is 1. The first-order chi connectivity index (χ1) is 6.79. The van der Waals surface area contributed by atoms with Crippen LogP contribution in [0.1, 0.15) is 12.8 Å². The van der Waals surface area contributed by atoms with Gasteiger partial charge in [-0.1, -0.05) is 24.8 Å². The summed E-state index contributed by atoms with van der Waals surface area (Å²) in [6, 6.07) is 9.75. The van der Waals surface area contributed by atoms with Crippen LogP contribution in [-0.2, 0) is 4.79 Å². The van der Waals surface area contributed by atoms with E-state index in [4.69, 9.17) is 0 Å².